The Kier molecular flexibility index (Phi) is 10.4. The number of benzene rings is 1. The fourth-order valence-corrected chi connectivity index (χ4v) is 3.71. The summed E-state index contributed by atoms with van der Waals surface area (Å²) in [5.74, 6) is -0.188. The summed E-state index contributed by atoms with van der Waals surface area (Å²) in [7, 11) is 0. The van der Waals surface area contributed by atoms with Crippen molar-refractivity contribution in [2.24, 2.45) is 11.7 Å². The van der Waals surface area contributed by atoms with E-state index in [9.17, 15) is 5.11 Å². The molecule has 1 saturated carbocycles. The maximum absolute atomic E-state index is 9.27. The van der Waals surface area contributed by atoms with Gasteiger partial charge in [-0.3, -0.25) is 0 Å². The fourth-order valence-electron chi connectivity index (χ4n) is 3.71. The van der Waals surface area contributed by atoms with Gasteiger partial charge in [0.15, 0.2) is 0 Å². The highest BCUT2D eigenvalue weighted by Crippen LogP contribution is 2.29. The van der Waals surface area contributed by atoms with Crippen molar-refractivity contribution >= 4 is 11.9 Å². The number of ether oxygens (including phenoxy) is 1. The summed E-state index contributed by atoms with van der Waals surface area (Å²) >= 11 is 0. The summed E-state index contributed by atoms with van der Waals surface area (Å²) < 4.78 is 12.0. The predicted octanol–water partition coefficient (Wildman–Crippen LogP) is 4.09. The van der Waals surface area contributed by atoms with E-state index in [1.165, 1.54) is 32.1 Å². The Morgan fingerprint density at radius 3 is 2.45 bits per heavy atom. The van der Waals surface area contributed by atoms with Crippen molar-refractivity contribution in [3.05, 3.63) is 42.2 Å². The van der Waals surface area contributed by atoms with E-state index in [0.717, 1.165) is 41.8 Å². The number of furan rings is 1. The van der Waals surface area contributed by atoms with Crippen LogP contribution in [-0.4, -0.2) is 46.0 Å². The van der Waals surface area contributed by atoms with Crippen molar-refractivity contribution in [3.63, 3.8) is 0 Å². The lowest BCUT2D eigenvalue weighted by atomic mass is 9.87. The minimum atomic E-state index is -1.82. The molecule has 182 valence electrons. The number of rotatable bonds is 9. The molecule has 0 radical (unpaired) electrons. The average molecular weight is 462 g/mol. The summed E-state index contributed by atoms with van der Waals surface area (Å²) in [5.41, 5.74) is 6.45. The second-order valence-electron chi connectivity index (χ2n) is 8.86. The third-order valence-corrected chi connectivity index (χ3v) is 5.79. The van der Waals surface area contributed by atoms with Crippen molar-refractivity contribution in [2.75, 3.05) is 13.2 Å². The first-order chi connectivity index (χ1) is 15.7. The zero-order valence-electron chi connectivity index (χ0n) is 19.2. The molecule has 1 aromatic heterocycles. The molecule has 3 rings (SSSR count). The van der Waals surface area contributed by atoms with Crippen LogP contribution >= 0.6 is 0 Å². The number of carboxylic acids is 2. The standard InChI is InChI=1S/C23H33NO3.C2H2O4/c1-23(24,17-25)14-12-20-10-11-22(27-20)19-8-5-9-21(16-19)26-15-13-18-6-3-2-4-7-18;3-1(4)2(5)6/h5,8-11,16,18,25H,2-4,6-7,12-15,17,24H2,1H3;(H,3,4)(H,5,6)/t23-;/m1./s1. The largest absolute Gasteiger partial charge is 0.494 e. The molecule has 2 aromatic rings. The zero-order valence-corrected chi connectivity index (χ0v) is 19.2. The molecule has 0 saturated heterocycles. The highest BCUT2D eigenvalue weighted by Gasteiger charge is 2.18. The predicted molar refractivity (Wildman–Crippen MR) is 124 cm³/mol. The van der Waals surface area contributed by atoms with E-state index in [1.807, 2.05) is 43.3 Å². The number of aryl methyl sites for hydroxylation is 1. The van der Waals surface area contributed by atoms with Gasteiger partial charge in [-0.05, 0) is 49.9 Å². The van der Waals surface area contributed by atoms with Crippen LogP contribution in [0.5, 0.6) is 5.75 Å². The third kappa shape index (κ3) is 9.67. The molecule has 0 spiro atoms. The number of carboxylic acid groups (broad SMARTS) is 2. The molecule has 0 amide bonds. The summed E-state index contributed by atoms with van der Waals surface area (Å²) in [5, 5.41) is 24.1. The number of carbonyl (C=O) groups is 2. The van der Waals surface area contributed by atoms with Gasteiger partial charge in [-0.15, -0.1) is 0 Å². The van der Waals surface area contributed by atoms with Gasteiger partial charge in [0.25, 0.3) is 0 Å². The molecule has 0 aliphatic heterocycles. The summed E-state index contributed by atoms with van der Waals surface area (Å²) in [6, 6.07) is 12.1. The Balaban J connectivity index is 0.000000569. The zero-order chi connectivity index (χ0) is 24.3. The SMILES string of the molecule is C[C@](N)(CO)CCc1ccc(-c2cccc(OCCC3CCCCC3)c2)o1.O=C(O)C(=O)O. The number of aliphatic carboxylic acids is 2. The molecule has 1 heterocycles. The fraction of sp³-hybridized carbons (Fsp3) is 0.520. The van der Waals surface area contributed by atoms with Crippen LogP contribution in [0.25, 0.3) is 11.3 Å². The van der Waals surface area contributed by atoms with E-state index >= 15 is 0 Å². The molecule has 1 aliphatic rings. The number of nitrogens with two attached hydrogens (primary N) is 1. The Hall–Kier alpha value is -2.84. The second-order valence-corrected chi connectivity index (χ2v) is 8.86. The maximum Gasteiger partial charge on any atom is 0.414 e. The molecule has 8 heteroatoms. The maximum atomic E-state index is 9.27. The molecule has 5 N–H and O–H groups in total. The first-order valence-corrected chi connectivity index (χ1v) is 11.4. The van der Waals surface area contributed by atoms with E-state index in [1.54, 1.807) is 0 Å². The number of aliphatic hydroxyl groups is 1. The first-order valence-electron chi connectivity index (χ1n) is 11.4. The smallest absolute Gasteiger partial charge is 0.414 e. The molecule has 1 atom stereocenters. The van der Waals surface area contributed by atoms with E-state index in [2.05, 4.69) is 0 Å². The van der Waals surface area contributed by atoms with Crippen LogP contribution in [0.4, 0.5) is 0 Å². The molecule has 1 aromatic carbocycles. The summed E-state index contributed by atoms with van der Waals surface area (Å²) in [6.07, 6.45) is 9.41. The minimum Gasteiger partial charge on any atom is -0.494 e. The van der Waals surface area contributed by atoms with Gasteiger partial charge in [0.2, 0.25) is 0 Å². The van der Waals surface area contributed by atoms with Gasteiger partial charge in [0.05, 0.1) is 13.2 Å². The molecular weight excluding hydrogens is 426 g/mol. The normalized spacial score (nSPS) is 15.7. The van der Waals surface area contributed by atoms with Crippen LogP contribution in [0, 0.1) is 5.92 Å². The monoisotopic (exact) mass is 461 g/mol. The molecule has 1 fully saturated rings. The van der Waals surface area contributed by atoms with Crippen LogP contribution in [-0.2, 0) is 16.0 Å². The molecule has 0 bridgehead atoms. The lowest BCUT2D eigenvalue weighted by Crippen LogP contribution is -2.40. The van der Waals surface area contributed by atoms with Gasteiger partial charge in [-0.2, -0.15) is 0 Å². The quantitative estimate of drug-likeness (QED) is 0.409. The van der Waals surface area contributed by atoms with E-state index in [0.29, 0.717) is 12.8 Å². The van der Waals surface area contributed by atoms with Crippen LogP contribution in [0.15, 0.2) is 40.8 Å². The van der Waals surface area contributed by atoms with Gasteiger partial charge in [-0.1, -0.05) is 44.2 Å². The van der Waals surface area contributed by atoms with E-state index < -0.39 is 17.5 Å². The van der Waals surface area contributed by atoms with Gasteiger partial charge in [0, 0.05) is 17.5 Å². The van der Waals surface area contributed by atoms with Crippen molar-refractivity contribution < 1.29 is 34.1 Å². The van der Waals surface area contributed by atoms with Crippen LogP contribution in [0.3, 0.4) is 0 Å². The van der Waals surface area contributed by atoms with Crippen molar-refractivity contribution in [3.8, 4) is 17.1 Å². The average Bonchev–Trinajstić information content (AvgIpc) is 3.28. The van der Waals surface area contributed by atoms with Crippen LogP contribution in [0.2, 0.25) is 0 Å². The molecule has 8 nitrogen and oxygen atoms in total. The van der Waals surface area contributed by atoms with Gasteiger partial charge < -0.3 is 30.2 Å². The minimum absolute atomic E-state index is 0.0270. The number of aliphatic hydroxyl groups excluding tert-OH is 1. The van der Waals surface area contributed by atoms with Crippen LogP contribution in [0.1, 0.15) is 57.6 Å². The Labute approximate surface area is 194 Å². The second kappa shape index (κ2) is 13.0. The van der Waals surface area contributed by atoms with Gasteiger partial charge in [-0.25, -0.2) is 9.59 Å². The third-order valence-electron chi connectivity index (χ3n) is 5.79. The van der Waals surface area contributed by atoms with E-state index in [-0.39, 0.29) is 6.61 Å². The molecule has 1 aliphatic carbocycles. The van der Waals surface area contributed by atoms with Crippen molar-refractivity contribution in [1.82, 2.24) is 0 Å². The lowest BCUT2D eigenvalue weighted by molar-refractivity contribution is -0.159. The Bertz CT molecular complexity index is 872. The van der Waals surface area contributed by atoms with Crippen molar-refractivity contribution in [2.45, 2.75) is 63.8 Å². The highest BCUT2D eigenvalue weighted by atomic mass is 16.5. The number of hydrogen-bond donors (Lipinski definition) is 4. The molecule has 33 heavy (non-hydrogen) atoms. The van der Waals surface area contributed by atoms with E-state index in [4.69, 9.17) is 34.7 Å². The Morgan fingerprint density at radius 1 is 1.12 bits per heavy atom. The first kappa shape index (κ1) is 26.4. The summed E-state index contributed by atoms with van der Waals surface area (Å²) in [4.78, 5) is 18.2. The van der Waals surface area contributed by atoms with Gasteiger partial charge >= 0.3 is 11.9 Å². The highest BCUT2D eigenvalue weighted by molar-refractivity contribution is 6.27. The number of hydrogen-bond acceptors (Lipinski definition) is 6. The summed E-state index contributed by atoms with van der Waals surface area (Å²) in [6.45, 7) is 2.61. The van der Waals surface area contributed by atoms with Crippen LogP contribution < -0.4 is 10.5 Å². The lowest BCUT2D eigenvalue weighted by Gasteiger charge is -2.21. The molecular formula is C25H35NO7. The topological polar surface area (TPSA) is 143 Å². The molecule has 0 unspecified atom stereocenters. The van der Waals surface area contributed by atoms with Crippen molar-refractivity contribution in [1.29, 1.82) is 0 Å². The Morgan fingerprint density at radius 2 is 1.82 bits per heavy atom. The van der Waals surface area contributed by atoms with Gasteiger partial charge in [0.1, 0.15) is 17.3 Å².